The summed E-state index contributed by atoms with van der Waals surface area (Å²) in [4.78, 5) is 0. The Kier molecular flexibility index (Phi) is 6.61. The van der Waals surface area contributed by atoms with Gasteiger partial charge in [-0.1, -0.05) is 6.07 Å². The zero-order chi connectivity index (χ0) is 21.0. The standard InChI is InChI=1S/C22H25F2N3O2/c1-14(25-11-16-5-8-22(29-4)17(9-16)13-28-3)19-12-26-27(15(19)2)21-7-6-18(23)10-20(21)24/h5-10,12,14,25H,11,13H2,1-4H3/t14-/m1/s1. The third-order valence-electron chi connectivity index (χ3n) is 4.91. The van der Waals surface area contributed by atoms with Crippen molar-refractivity contribution in [3.8, 4) is 11.4 Å². The molecule has 2 aromatic carbocycles. The summed E-state index contributed by atoms with van der Waals surface area (Å²) in [6, 6.07) is 9.44. The first-order chi connectivity index (χ1) is 13.9. The Morgan fingerprint density at radius 1 is 1.14 bits per heavy atom. The average molecular weight is 401 g/mol. The Balaban J connectivity index is 1.74. The highest BCUT2D eigenvalue weighted by Crippen LogP contribution is 2.24. The molecule has 0 bridgehead atoms. The van der Waals surface area contributed by atoms with Gasteiger partial charge in [-0.25, -0.2) is 13.5 Å². The smallest absolute Gasteiger partial charge is 0.151 e. The van der Waals surface area contributed by atoms with Crippen LogP contribution in [0.3, 0.4) is 0 Å². The molecule has 5 nitrogen and oxygen atoms in total. The fourth-order valence-electron chi connectivity index (χ4n) is 3.33. The van der Waals surface area contributed by atoms with Crippen molar-refractivity contribution < 1.29 is 18.3 Å². The second-order valence-corrected chi connectivity index (χ2v) is 6.87. The van der Waals surface area contributed by atoms with Crippen molar-refractivity contribution in [3.05, 3.63) is 76.6 Å². The molecule has 0 saturated carbocycles. The van der Waals surface area contributed by atoms with Crippen LogP contribution in [0.15, 0.2) is 42.6 Å². The molecular formula is C22H25F2N3O2. The van der Waals surface area contributed by atoms with E-state index in [1.165, 1.54) is 16.8 Å². The molecule has 0 unspecified atom stereocenters. The van der Waals surface area contributed by atoms with E-state index in [4.69, 9.17) is 9.47 Å². The molecule has 1 aromatic heterocycles. The summed E-state index contributed by atoms with van der Waals surface area (Å²) in [6.07, 6.45) is 1.71. The number of aromatic nitrogens is 2. The molecule has 7 heteroatoms. The van der Waals surface area contributed by atoms with Crippen molar-refractivity contribution >= 4 is 0 Å². The molecule has 154 valence electrons. The first-order valence-corrected chi connectivity index (χ1v) is 9.32. The van der Waals surface area contributed by atoms with Gasteiger partial charge in [-0.3, -0.25) is 0 Å². The van der Waals surface area contributed by atoms with Gasteiger partial charge >= 0.3 is 0 Å². The molecule has 0 amide bonds. The minimum absolute atomic E-state index is 0.0137. The summed E-state index contributed by atoms with van der Waals surface area (Å²) in [7, 11) is 3.29. The topological polar surface area (TPSA) is 48.3 Å². The van der Waals surface area contributed by atoms with Crippen LogP contribution in [-0.4, -0.2) is 24.0 Å². The lowest BCUT2D eigenvalue weighted by Crippen LogP contribution is -2.19. The summed E-state index contributed by atoms with van der Waals surface area (Å²) >= 11 is 0. The van der Waals surface area contributed by atoms with E-state index in [2.05, 4.69) is 10.4 Å². The van der Waals surface area contributed by atoms with Crippen LogP contribution in [0.1, 0.15) is 35.3 Å². The minimum Gasteiger partial charge on any atom is -0.496 e. The SMILES string of the molecule is COCc1cc(CN[C@H](C)c2cnn(-c3ccc(F)cc3F)c2C)ccc1OC. The summed E-state index contributed by atoms with van der Waals surface area (Å²) in [6.45, 7) is 5.00. The second-order valence-electron chi connectivity index (χ2n) is 6.87. The number of rotatable bonds is 8. The van der Waals surface area contributed by atoms with Crippen molar-refractivity contribution in [3.63, 3.8) is 0 Å². The molecule has 29 heavy (non-hydrogen) atoms. The predicted octanol–water partition coefficient (Wildman–Crippen LogP) is 4.46. The van der Waals surface area contributed by atoms with Gasteiger partial charge in [-0.05, 0) is 43.7 Å². The van der Waals surface area contributed by atoms with Crippen LogP contribution < -0.4 is 10.1 Å². The van der Waals surface area contributed by atoms with E-state index in [1.807, 2.05) is 32.0 Å². The van der Waals surface area contributed by atoms with Crippen molar-refractivity contribution in [2.24, 2.45) is 0 Å². The summed E-state index contributed by atoms with van der Waals surface area (Å²) in [5.74, 6) is -0.465. The maximum Gasteiger partial charge on any atom is 0.151 e. The van der Waals surface area contributed by atoms with Gasteiger partial charge in [0.15, 0.2) is 5.82 Å². The highest BCUT2D eigenvalue weighted by Gasteiger charge is 2.16. The van der Waals surface area contributed by atoms with E-state index >= 15 is 0 Å². The summed E-state index contributed by atoms with van der Waals surface area (Å²) in [5.41, 5.74) is 4.04. The van der Waals surface area contributed by atoms with E-state index in [-0.39, 0.29) is 11.7 Å². The number of methoxy groups -OCH3 is 2. The normalized spacial score (nSPS) is 12.2. The lowest BCUT2D eigenvalue weighted by Gasteiger charge is -2.16. The zero-order valence-corrected chi connectivity index (χ0v) is 17.0. The van der Waals surface area contributed by atoms with Crippen LogP contribution in [0.2, 0.25) is 0 Å². The third kappa shape index (κ3) is 4.63. The molecule has 1 atom stereocenters. The van der Waals surface area contributed by atoms with Gasteiger partial charge in [0.1, 0.15) is 17.3 Å². The van der Waals surface area contributed by atoms with Crippen LogP contribution in [0.5, 0.6) is 5.75 Å². The fraction of sp³-hybridized carbons (Fsp3) is 0.318. The Labute approximate surface area is 169 Å². The Morgan fingerprint density at radius 2 is 1.93 bits per heavy atom. The largest absolute Gasteiger partial charge is 0.496 e. The molecule has 0 radical (unpaired) electrons. The molecule has 0 aliphatic heterocycles. The highest BCUT2D eigenvalue weighted by atomic mass is 19.1. The predicted molar refractivity (Wildman–Crippen MR) is 107 cm³/mol. The zero-order valence-electron chi connectivity index (χ0n) is 17.0. The van der Waals surface area contributed by atoms with Crippen LogP contribution >= 0.6 is 0 Å². The number of hydrogen-bond acceptors (Lipinski definition) is 4. The van der Waals surface area contributed by atoms with Gasteiger partial charge in [0.25, 0.3) is 0 Å². The van der Waals surface area contributed by atoms with Gasteiger partial charge in [0, 0.05) is 42.6 Å². The Hall–Kier alpha value is -2.77. The van der Waals surface area contributed by atoms with Gasteiger partial charge in [-0.2, -0.15) is 5.10 Å². The maximum atomic E-state index is 14.1. The van der Waals surface area contributed by atoms with Crippen LogP contribution in [0.4, 0.5) is 8.78 Å². The number of nitrogens with one attached hydrogen (secondary N) is 1. The lowest BCUT2D eigenvalue weighted by molar-refractivity contribution is 0.181. The Bertz CT molecular complexity index is 988. The monoisotopic (exact) mass is 401 g/mol. The van der Waals surface area contributed by atoms with E-state index in [0.29, 0.717) is 13.2 Å². The van der Waals surface area contributed by atoms with Gasteiger partial charge in [0.2, 0.25) is 0 Å². The number of ether oxygens (including phenoxy) is 2. The van der Waals surface area contributed by atoms with Crippen LogP contribution in [0, 0.1) is 18.6 Å². The second kappa shape index (κ2) is 9.15. The van der Waals surface area contributed by atoms with E-state index < -0.39 is 11.6 Å². The van der Waals surface area contributed by atoms with Crippen molar-refractivity contribution in [2.75, 3.05) is 14.2 Å². The fourth-order valence-corrected chi connectivity index (χ4v) is 3.33. The van der Waals surface area contributed by atoms with Gasteiger partial charge in [-0.15, -0.1) is 0 Å². The van der Waals surface area contributed by atoms with Crippen molar-refractivity contribution in [1.82, 2.24) is 15.1 Å². The number of nitrogens with zero attached hydrogens (tertiary/aromatic N) is 2. The van der Waals surface area contributed by atoms with Gasteiger partial charge in [0.05, 0.1) is 19.9 Å². The molecule has 3 rings (SSSR count). The number of benzene rings is 2. The molecule has 0 aliphatic rings. The first-order valence-electron chi connectivity index (χ1n) is 9.32. The molecule has 0 fully saturated rings. The van der Waals surface area contributed by atoms with E-state index in [0.717, 1.165) is 34.2 Å². The third-order valence-corrected chi connectivity index (χ3v) is 4.91. The summed E-state index contributed by atoms with van der Waals surface area (Å²) < 4.78 is 39.4. The van der Waals surface area contributed by atoms with E-state index in [9.17, 15) is 8.78 Å². The first kappa shape index (κ1) is 21.0. The molecule has 0 saturated heterocycles. The lowest BCUT2D eigenvalue weighted by atomic mass is 10.1. The molecular weight excluding hydrogens is 376 g/mol. The van der Waals surface area contributed by atoms with E-state index in [1.54, 1.807) is 20.4 Å². The van der Waals surface area contributed by atoms with Gasteiger partial charge < -0.3 is 14.8 Å². The quantitative estimate of drug-likeness (QED) is 0.605. The highest BCUT2D eigenvalue weighted by molar-refractivity contribution is 5.38. The molecule has 0 aliphatic carbocycles. The molecule has 0 spiro atoms. The summed E-state index contributed by atoms with van der Waals surface area (Å²) in [5, 5.41) is 7.76. The maximum absolute atomic E-state index is 14.1. The number of halogens is 2. The molecule has 1 N–H and O–H groups in total. The Morgan fingerprint density at radius 3 is 2.62 bits per heavy atom. The number of hydrogen-bond donors (Lipinski definition) is 1. The van der Waals surface area contributed by atoms with Crippen LogP contribution in [-0.2, 0) is 17.9 Å². The van der Waals surface area contributed by atoms with Crippen LogP contribution in [0.25, 0.3) is 5.69 Å². The average Bonchev–Trinajstić information content (AvgIpc) is 3.08. The van der Waals surface area contributed by atoms with Crippen molar-refractivity contribution in [1.29, 1.82) is 0 Å². The molecule has 1 heterocycles. The molecule has 3 aromatic rings. The van der Waals surface area contributed by atoms with Crippen molar-refractivity contribution in [2.45, 2.75) is 33.0 Å². The minimum atomic E-state index is -0.646.